The number of aliphatic carboxylic acids is 5. The molecule has 0 aromatic carbocycles. The Morgan fingerprint density at radius 1 is 0.246 bits per heavy atom. The molecule has 364 valence electrons. The number of carboxylic acids is 5. The number of aliphatic hydroxyl groups excluding tert-OH is 16. The van der Waals surface area contributed by atoms with E-state index in [1.165, 1.54) is 0 Å². The van der Waals surface area contributed by atoms with Crippen molar-refractivity contribution in [1.29, 1.82) is 0 Å². The molecule has 0 amide bonds. The van der Waals surface area contributed by atoms with Gasteiger partial charge in [0.15, 0.2) is 0 Å². The van der Waals surface area contributed by atoms with Gasteiger partial charge in [-0.25, -0.2) is 24.0 Å². The quantitative estimate of drug-likeness (QED) is 0.0476. The van der Waals surface area contributed by atoms with Gasteiger partial charge in [-0.3, -0.25) is 0 Å². The molecule has 0 atom stereocenters. The van der Waals surface area contributed by atoms with E-state index in [1.54, 1.807) is 0 Å². The van der Waals surface area contributed by atoms with E-state index in [2.05, 4.69) is 32.9 Å². The molecule has 0 radical (unpaired) electrons. The zero-order valence-corrected chi connectivity index (χ0v) is 33.7. The average molecular weight is 905 g/mol. The Labute approximate surface area is 351 Å². The summed E-state index contributed by atoms with van der Waals surface area (Å²) in [6.07, 6.45) is 4.17. The lowest BCUT2D eigenvalue weighted by Gasteiger charge is -2.23. The van der Waals surface area contributed by atoms with Crippen molar-refractivity contribution in [2.24, 2.45) is 21.7 Å². The van der Waals surface area contributed by atoms with Crippen molar-refractivity contribution >= 4 is 29.8 Å². The summed E-state index contributed by atoms with van der Waals surface area (Å²) in [7, 11) is 0. The first-order chi connectivity index (χ1) is 28.3. The zero-order valence-electron chi connectivity index (χ0n) is 33.7. The van der Waals surface area contributed by atoms with Crippen LogP contribution in [0.5, 0.6) is 0 Å². The topological polar surface area (TPSA) is 510 Å². The van der Waals surface area contributed by atoms with Crippen LogP contribution in [0.2, 0.25) is 0 Å². The lowest BCUT2D eigenvalue weighted by Crippen LogP contribution is -2.37. The van der Waals surface area contributed by atoms with Gasteiger partial charge in [-0.2, -0.15) is 0 Å². The third-order valence-corrected chi connectivity index (χ3v) is 6.24. The predicted molar refractivity (Wildman–Crippen MR) is 212 cm³/mol. The van der Waals surface area contributed by atoms with Crippen LogP contribution in [0.25, 0.3) is 0 Å². The van der Waals surface area contributed by atoms with Crippen molar-refractivity contribution in [3.63, 3.8) is 0 Å². The summed E-state index contributed by atoms with van der Waals surface area (Å²) in [4.78, 5) is 46.2. The second kappa shape index (κ2) is 53.4. The van der Waals surface area contributed by atoms with Crippen molar-refractivity contribution < 1.29 is 131 Å². The fourth-order valence-corrected chi connectivity index (χ4v) is 1.20. The second-order valence-corrected chi connectivity index (χ2v) is 11.2. The van der Waals surface area contributed by atoms with Crippen LogP contribution in [-0.4, -0.2) is 243 Å². The van der Waals surface area contributed by atoms with Crippen LogP contribution in [0, 0.1) is 21.7 Å². The van der Waals surface area contributed by atoms with Gasteiger partial charge >= 0.3 is 29.8 Å². The summed E-state index contributed by atoms with van der Waals surface area (Å²) in [5, 5.41) is 174. The number of hydrogen-bond acceptors (Lipinski definition) is 21. The van der Waals surface area contributed by atoms with Gasteiger partial charge in [-0.1, -0.05) is 32.9 Å². The predicted octanol–water partition coefficient (Wildman–Crippen LogP) is -6.95. The lowest BCUT2D eigenvalue weighted by molar-refractivity contribution is -0.132. The molecule has 0 saturated heterocycles. The minimum atomic E-state index is -1.11. The van der Waals surface area contributed by atoms with Gasteiger partial charge in [0.1, 0.15) is 0 Å². The standard InChI is InChI=1S/4C5H12O4.5C3H4O2/c4*6-1-5(2-7,3-8)4-9;5*1-2-3(4)5/h4*6-9H,1-4H2;5*2H,1H2,(H,4,5). The van der Waals surface area contributed by atoms with E-state index < -0.39 is 157 Å². The molecule has 21 N–H and O–H groups in total. The SMILES string of the molecule is C=CC(=O)O.C=CC(=O)O.C=CC(=O)O.C=CC(=O)O.C=CC(=O)O.OCC(CO)(CO)CO.OCC(CO)(CO)CO.OCC(CO)(CO)CO.OCC(CO)(CO)CO. The van der Waals surface area contributed by atoms with Crippen LogP contribution in [-0.2, 0) is 24.0 Å². The van der Waals surface area contributed by atoms with Crippen molar-refractivity contribution in [1.82, 2.24) is 0 Å². The molecular formula is C35H68O26. The minimum absolute atomic E-state index is 0.406. The fraction of sp³-hybridized carbons (Fsp3) is 0.571. The number of aliphatic hydroxyl groups is 16. The normalized spacial score (nSPS) is 9.70. The molecule has 0 aliphatic carbocycles. The maximum absolute atomic E-state index is 9.25. The third kappa shape index (κ3) is 55.4. The molecule has 0 aliphatic heterocycles. The van der Waals surface area contributed by atoms with Gasteiger partial charge in [0.05, 0.1) is 127 Å². The molecule has 0 aromatic heterocycles. The van der Waals surface area contributed by atoms with Gasteiger partial charge in [-0.15, -0.1) is 0 Å². The van der Waals surface area contributed by atoms with Crippen LogP contribution in [0.3, 0.4) is 0 Å². The Morgan fingerprint density at radius 2 is 0.295 bits per heavy atom. The Hall–Kier alpha value is -4.59. The first kappa shape index (κ1) is 77.1. The smallest absolute Gasteiger partial charge is 0.327 e. The summed E-state index contributed by atoms with van der Waals surface area (Å²) in [6.45, 7) is 8.30. The highest BCUT2D eigenvalue weighted by Crippen LogP contribution is 2.14. The minimum Gasteiger partial charge on any atom is -0.478 e. The van der Waals surface area contributed by atoms with Crippen molar-refractivity contribution in [2.75, 3.05) is 106 Å². The largest absolute Gasteiger partial charge is 0.478 e. The van der Waals surface area contributed by atoms with Crippen LogP contribution >= 0.6 is 0 Å². The monoisotopic (exact) mass is 904 g/mol. The Morgan fingerprint density at radius 3 is 0.295 bits per heavy atom. The second-order valence-electron chi connectivity index (χ2n) is 11.2. The molecule has 0 bridgehead atoms. The van der Waals surface area contributed by atoms with Gasteiger partial charge in [0, 0.05) is 30.4 Å². The fourth-order valence-electron chi connectivity index (χ4n) is 1.20. The average Bonchev–Trinajstić information content (AvgIpc) is 3.29. The number of carboxylic acid groups (broad SMARTS) is 5. The van der Waals surface area contributed by atoms with Gasteiger partial charge in [0.25, 0.3) is 0 Å². The van der Waals surface area contributed by atoms with E-state index in [0.29, 0.717) is 0 Å². The summed E-state index contributed by atoms with van der Waals surface area (Å²) in [6, 6.07) is 0. The van der Waals surface area contributed by atoms with E-state index in [9.17, 15) is 24.0 Å². The summed E-state index contributed by atoms with van der Waals surface area (Å²) >= 11 is 0. The van der Waals surface area contributed by atoms with Crippen LogP contribution < -0.4 is 0 Å². The Bertz CT molecular complexity index is 841. The van der Waals surface area contributed by atoms with Crippen molar-refractivity contribution in [3.05, 3.63) is 63.3 Å². The first-order valence-corrected chi connectivity index (χ1v) is 16.3. The number of rotatable bonds is 21. The third-order valence-electron chi connectivity index (χ3n) is 6.24. The molecular weight excluding hydrogens is 836 g/mol. The van der Waals surface area contributed by atoms with E-state index in [4.69, 9.17) is 107 Å². The highest BCUT2D eigenvalue weighted by atomic mass is 16.4. The maximum Gasteiger partial charge on any atom is 0.327 e. The molecule has 26 heteroatoms. The van der Waals surface area contributed by atoms with Crippen molar-refractivity contribution in [2.45, 2.75) is 0 Å². The van der Waals surface area contributed by atoms with Gasteiger partial charge in [-0.05, 0) is 0 Å². The molecule has 0 spiro atoms. The van der Waals surface area contributed by atoms with Gasteiger partial charge in [0.2, 0.25) is 0 Å². The molecule has 0 aliphatic rings. The molecule has 0 fully saturated rings. The molecule has 0 aromatic rings. The molecule has 0 unspecified atom stereocenters. The van der Waals surface area contributed by atoms with Gasteiger partial charge < -0.3 is 107 Å². The van der Waals surface area contributed by atoms with Crippen LogP contribution in [0.1, 0.15) is 0 Å². The van der Waals surface area contributed by atoms with E-state index in [-0.39, 0.29) is 0 Å². The lowest BCUT2D eigenvalue weighted by atomic mass is 9.93. The highest BCUT2D eigenvalue weighted by Gasteiger charge is 2.28. The molecule has 0 rings (SSSR count). The van der Waals surface area contributed by atoms with E-state index in [1.807, 2.05) is 0 Å². The number of hydrogen-bond donors (Lipinski definition) is 21. The summed E-state index contributed by atoms with van der Waals surface area (Å²) < 4.78 is 0. The summed E-state index contributed by atoms with van der Waals surface area (Å²) in [5.74, 6) is -4.91. The zero-order chi connectivity index (χ0) is 50.7. The number of carbonyl (C=O) groups is 5. The highest BCUT2D eigenvalue weighted by molar-refractivity contribution is 5.80. The molecule has 0 heterocycles. The molecule has 26 nitrogen and oxygen atoms in total. The Kier molecular flexibility index (Phi) is 67.5. The van der Waals surface area contributed by atoms with E-state index >= 15 is 0 Å². The summed E-state index contributed by atoms with van der Waals surface area (Å²) in [5.41, 5.74) is -4.44. The van der Waals surface area contributed by atoms with Crippen LogP contribution in [0.4, 0.5) is 0 Å². The first-order valence-electron chi connectivity index (χ1n) is 16.3. The van der Waals surface area contributed by atoms with E-state index in [0.717, 1.165) is 30.4 Å². The Balaban J connectivity index is -0.0000000722. The van der Waals surface area contributed by atoms with Crippen molar-refractivity contribution in [3.8, 4) is 0 Å². The van der Waals surface area contributed by atoms with Crippen LogP contribution in [0.15, 0.2) is 63.3 Å². The molecule has 61 heavy (non-hydrogen) atoms. The maximum atomic E-state index is 9.25. The molecule has 0 saturated carbocycles.